The summed E-state index contributed by atoms with van der Waals surface area (Å²) in [6.45, 7) is 4.02. The van der Waals surface area contributed by atoms with Gasteiger partial charge in [-0.3, -0.25) is 0 Å². The summed E-state index contributed by atoms with van der Waals surface area (Å²) >= 11 is 17.1. The number of hydrogen-bond acceptors (Lipinski definition) is 0. The Hall–Kier alpha value is 0.0900. The highest BCUT2D eigenvalue weighted by molar-refractivity contribution is 6.66. The van der Waals surface area contributed by atoms with Gasteiger partial charge in [0.05, 0.1) is 0 Å². The smallest absolute Gasteiger partial charge is 0.0784 e. The van der Waals surface area contributed by atoms with E-state index in [1.54, 1.807) is 0 Å². The lowest BCUT2D eigenvalue weighted by Crippen LogP contribution is -2.00. The minimum absolute atomic E-state index is 0.718. The Kier molecular flexibility index (Phi) is 2.92. The van der Waals surface area contributed by atoms with Gasteiger partial charge < -0.3 is 0 Å². The Morgan fingerprint density at radius 2 is 1.58 bits per heavy atom. The Labute approximate surface area is 87.4 Å². The van der Waals surface area contributed by atoms with Crippen LogP contribution < -0.4 is 0 Å². The van der Waals surface area contributed by atoms with E-state index in [2.05, 4.69) is 0 Å². The molecule has 0 aliphatic rings. The molecule has 0 amide bonds. The molecule has 1 aromatic rings. The van der Waals surface area contributed by atoms with Gasteiger partial charge in [-0.1, -0.05) is 53.0 Å². The molecule has 0 aliphatic heterocycles. The van der Waals surface area contributed by atoms with Crippen LogP contribution in [0.2, 0.25) is 0 Å². The molecule has 0 bridgehead atoms. The Morgan fingerprint density at radius 3 is 2.00 bits per heavy atom. The third kappa shape index (κ3) is 2.29. The lowest BCUT2D eigenvalue weighted by Gasteiger charge is -2.12. The molecule has 0 nitrogen and oxygen atoms in total. The number of halogens is 3. The van der Waals surface area contributed by atoms with Crippen LogP contribution in [0.4, 0.5) is 0 Å². The van der Waals surface area contributed by atoms with Crippen molar-refractivity contribution in [2.75, 3.05) is 0 Å². The molecule has 0 saturated heterocycles. The van der Waals surface area contributed by atoms with E-state index in [1.165, 1.54) is 5.56 Å². The van der Waals surface area contributed by atoms with Crippen LogP contribution in [-0.2, 0) is 3.79 Å². The number of aryl methyl sites for hydroxylation is 2. The van der Waals surface area contributed by atoms with Crippen molar-refractivity contribution < 1.29 is 0 Å². The van der Waals surface area contributed by atoms with Gasteiger partial charge in [-0.05, 0) is 25.0 Å². The van der Waals surface area contributed by atoms with Crippen LogP contribution in [0.3, 0.4) is 0 Å². The quantitative estimate of drug-likeness (QED) is 0.580. The first kappa shape index (κ1) is 10.2. The number of benzene rings is 1. The SMILES string of the molecule is Cc1ccc(C(Cl)(Cl)Cl)cc1C. The van der Waals surface area contributed by atoms with Crippen molar-refractivity contribution >= 4 is 34.8 Å². The lowest BCUT2D eigenvalue weighted by atomic mass is 10.1. The first-order valence-corrected chi connectivity index (χ1v) is 4.69. The standard InChI is InChI=1S/C9H9Cl3/c1-6-3-4-8(5-7(6)2)9(10,11)12/h3-5H,1-2H3. The maximum Gasteiger partial charge on any atom is 0.216 e. The van der Waals surface area contributed by atoms with E-state index in [9.17, 15) is 0 Å². The van der Waals surface area contributed by atoms with Gasteiger partial charge in [-0.15, -0.1) is 0 Å². The van der Waals surface area contributed by atoms with Crippen LogP contribution in [0.1, 0.15) is 16.7 Å². The van der Waals surface area contributed by atoms with Gasteiger partial charge in [0.25, 0.3) is 0 Å². The monoisotopic (exact) mass is 222 g/mol. The molecule has 3 heteroatoms. The van der Waals surface area contributed by atoms with E-state index in [0.29, 0.717) is 0 Å². The molecule has 0 fully saturated rings. The van der Waals surface area contributed by atoms with Gasteiger partial charge in [0.15, 0.2) is 0 Å². The van der Waals surface area contributed by atoms with Gasteiger partial charge in [0, 0.05) is 5.56 Å². The highest BCUT2D eigenvalue weighted by Crippen LogP contribution is 2.38. The van der Waals surface area contributed by atoms with Crippen molar-refractivity contribution in [3.63, 3.8) is 0 Å². The highest BCUT2D eigenvalue weighted by atomic mass is 35.6. The predicted octanol–water partition coefficient (Wildman–Crippen LogP) is 4.13. The summed E-state index contributed by atoms with van der Waals surface area (Å²) in [4.78, 5) is 0. The Morgan fingerprint density at radius 1 is 1.00 bits per heavy atom. The number of rotatable bonds is 0. The van der Waals surface area contributed by atoms with Crippen LogP contribution in [0.5, 0.6) is 0 Å². The van der Waals surface area contributed by atoms with Gasteiger partial charge in [-0.25, -0.2) is 0 Å². The fraction of sp³-hybridized carbons (Fsp3) is 0.333. The predicted molar refractivity (Wildman–Crippen MR) is 55.2 cm³/mol. The molecule has 0 N–H and O–H groups in total. The van der Waals surface area contributed by atoms with E-state index in [4.69, 9.17) is 34.8 Å². The Bertz CT molecular complexity index is 286. The molecule has 12 heavy (non-hydrogen) atoms. The molecule has 0 aliphatic carbocycles. The van der Waals surface area contributed by atoms with Crippen molar-refractivity contribution in [1.82, 2.24) is 0 Å². The van der Waals surface area contributed by atoms with Crippen LogP contribution >= 0.6 is 34.8 Å². The third-order valence-corrected chi connectivity index (χ3v) is 2.49. The molecule has 0 atom stereocenters. The summed E-state index contributed by atoms with van der Waals surface area (Å²) in [5.41, 5.74) is 3.06. The first-order chi connectivity index (χ1) is 5.41. The van der Waals surface area contributed by atoms with E-state index < -0.39 is 3.79 Å². The van der Waals surface area contributed by atoms with Crippen molar-refractivity contribution in [2.24, 2.45) is 0 Å². The third-order valence-electron chi connectivity index (χ3n) is 1.83. The van der Waals surface area contributed by atoms with E-state index in [-0.39, 0.29) is 0 Å². The van der Waals surface area contributed by atoms with Gasteiger partial charge in [0.2, 0.25) is 3.79 Å². The van der Waals surface area contributed by atoms with E-state index >= 15 is 0 Å². The molecular formula is C9H9Cl3. The number of alkyl halides is 3. The summed E-state index contributed by atoms with van der Waals surface area (Å²) in [7, 11) is 0. The lowest BCUT2D eigenvalue weighted by molar-refractivity contribution is 1.20. The zero-order valence-electron chi connectivity index (χ0n) is 6.87. The summed E-state index contributed by atoms with van der Waals surface area (Å²) in [5.74, 6) is 0. The molecular weight excluding hydrogens is 214 g/mol. The second-order valence-electron chi connectivity index (χ2n) is 2.80. The summed E-state index contributed by atoms with van der Waals surface area (Å²) in [5, 5.41) is 0. The molecule has 1 aromatic carbocycles. The fourth-order valence-electron chi connectivity index (χ4n) is 0.918. The van der Waals surface area contributed by atoms with E-state index in [1.807, 2.05) is 32.0 Å². The molecule has 0 aromatic heterocycles. The van der Waals surface area contributed by atoms with Gasteiger partial charge in [0.1, 0.15) is 0 Å². The van der Waals surface area contributed by atoms with Crippen molar-refractivity contribution in [1.29, 1.82) is 0 Å². The molecule has 0 unspecified atom stereocenters. The largest absolute Gasteiger partial charge is 0.216 e. The average molecular weight is 224 g/mol. The molecule has 0 saturated carbocycles. The van der Waals surface area contributed by atoms with Crippen LogP contribution in [0.15, 0.2) is 18.2 Å². The van der Waals surface area contributed by atoms with Crippen LogP contribution in [0, 0.1) is 13.8 Å². The first-order valence-electron chi connectivity index (χ1n) is 3.55. The van der Waals surface area contributed by atoms with E-state index in [0.717, 1.165) is 11.1 Å². The second-order valence-corrected chi connectivity index (χ2v) is 5.08. The second kappa shape index (κ2) is 3.45. The topological polar surface area (TPSA) is 0 Å². The number of hydrogen-bond donors (Lipinski definition) is 0. The normalized spacial score (nSPS) is 11.8. The molecule has 0 spiro atoms. The average Bonchev–Trinajstić information content (AvgIpc) is 1.92. The van der Waals surface area contributed by atoms with Crippen molar-refractivity contribution in [3.8, 4) is 0 Å². The molecule has 0 radical (unpaired) electrons. The summed E-state index contributed by atoms with van der Waals surface area (Å²) in [6.07, 6.45) is 0. The van der Waals surface area contributed by atoms with Gasteiger partial charge in [-0.2, -0.15) is 0 Å². The van der Waals surface area contributed by atoms with Crippen molar-refractivity contribution in [3.05, 3.63) is 34.9 Å². The molecule has 66 valence electrons. The maximum atomic E-state index is 5.71. The van der Waals surface area contributed by atoms with Gasteiger partial charge >= 0.3 is 0 Å². The zero-order valence-corrected chi connectivity index (χ0v) is 9.13. The minimum atomic E-state index is -1.31. The molecule has 0 heterocycles. The zero-order chi connectivity index (χ0) is 9.35. The highest BCUT2D eigenvalue weighted by Gasteiger charge is 2.22. The molecule has 1 rings (SSSR count). The maximum absolute atomic E-state index is 5.71. The summed E-state index contributed by atoms with van der Waals surface area (Å²) in [6, 6.07) is 5.67. The summed E-state index contributed by atoms with van der Waals surface area (Å²) < 4.78 is -1.31. The Balaban J connectivity index is 3.14. The van der Waals surface area contributed by atoms with Crippen molar-refractivity contribution in [2.45, 2.75) is 17.6 Å². The fourth-order valence-corrected chi connectivity index (χ4v) is 1.27. The minimum Gasteiger partial charge on any atom is -0.0784 e. The van der Waals surface area contributed by atoms with Crippen LogP contribution in [0.25, 0.3) is 0 Å². The van der Waals surface area contributed by atoms with Crippen LogP contribution in [-0.4, -0.2) is 0 Å².